The van der Waals surface area contributed by atoms with Crippen molar-refractivity contribution in [2.75, 3.05) is 6.61 Å². The van der Waals surface area contributed by atoms with E-state index in [1.165, 1.54) is 5.56 Å². The van der Waals surface area contributed by atoms with Gasteiger partial charge in [-0.3, -0.25) is 4.79 Å². The molecule has 1 aromatic carbocycles. The lowest BCUT2D eigenvalue weighted by Gasteiger charge is -2.17. The van der Waals surface area contributed by atoms with Gasteiger partial charge in [0.05, 0.1) is 12.5 Å². The molecule has 1 unspecified atom stereocenters. The van der Waals surface area contributed by atoms with Crippen LogP contribution < -0.4 is 5.32 Å². The molecule has 0 fully saturated rings. The van der Waals surface area contributed by atoms with Crippen LogP contribution in [0.4, 0.5) is 0 Å². The van der Waals surface area contributed by atoms with Crippen molar-refractivity contribution in [3.63, 3.8) is 0 Å². The molecule has 0 aliphatic carbocycles. The zero-order valence-electron chi connectivity index (χ0n) is 15.6. The molecule has 1 aromatic rings. The summed E-state index contributed by atoms with van der Waals surface area (Å²) in [5.41, 5.74) is 2.22. The Morgan fingerprint density at radius 1 is 1.08 bits per heavy atom. The molecule has 0 bridgehead atoms. The zero-order valence-corrected chi connectivity index (χ0v) is 15.6. The van der Waals surface area contributed by atoms with E-state index in [1.807, 2.05) is 26.0 Å². The summed E-state index contributed by atoms with van der Waals surface area (Å²) in [6, 6.07) is 7.50. The maximum atomic E-state index is 12.3. The second-order valence-corrected chi connectivity index (χ2v) is 6.81. The van der Waals surface area contributed by atoms with Gasteiger partial charge in [-0.05, 0) is 43.7 Å². The summed E-state index contributed by atoms with van der Waals surface area (Å²) in [5.74, 6) is -0.233. The molecule has 0 radical (unpaired) electrons. The number of rotatable bonds is 9. The lowest BCUT2D eigenvalue weighted by atomic mass is 9.96. The Hall–Kier alpha value is -1.84. The summed E-state index contributed by atoms with van der Waals surface area (Å²) < 4.78 is 5.13. The highest BCUT2D eigenvalue weighted by atomic mass is 16.5. The van der Waals surface area contributed by atoms with Gasteiger partial charge in [-0.2, -0.15) is 0 Å². The van der Waals surface area contributed by atoms with Crippen LogP contribution in [0.25, 0.3) is 0 Å². The second kappa shape index (κ2) is 10.1. The van der Waals surface area contributed by atoms with Crippen LogP contribution in [0.2, 0.25) is 0 Å². The highest BCUT2D eigenvalue weighted by Gasteiger charge is 2.21. The van der Waals surface area contributed by atoms with E-state index < -0.39 is 6.04 Å². The van der Waals surface area contributed by atoms with Crippen LogP contribution in [-0.4, -0.2) is 24.5 Å². The summed E-state index contributed by atoms with van der Waals surface area (Å²) in [7, 11) is 0. The van der Waals surface area contributed by atoms with Crippen molar-refractivity contribution >= 4 is 11.9 Å². The molecule has 0 saturated carbocycles. The Balaban J connectivity index is 2.55. The normalized spacial score (nSPS) is 13.4. The Bertz CT molecular complexity index is 522. The third-order valence-corrected chi connectivity index (χ3v) is 3.97. The topological polar surface area (TPSA) is 55.4 Å². The van der Waals surface area contributed by atoms with Crippen LogP contribution in [0, 0.1) is 5.92 Å². The Morgan fingerprint density at radius 2 is 1.71 bits per heavy atom. The van der Waals surface area contributed by atoms with E-state index in [-0.39, 0.29) is 17.8 Å². The number of carbonyl (C=O) groups is 2. The summed E-state index contributed by atoms with van der Waals surface area (Å²) in [6.45, 7) is 10.3. The predicted molar refractivity (Wildman–Crippen MR) is 96.9 cm³/mol. The van der Waals surface area contributed by atoms with Gasteiger partial charge in [0.25, 0.3) is 0 Å². The molecule has 0 spiro atoms. The molecule has 2 atom stereocenters. The van der Waals surface area contributed by atoms with E-state index in [1.54, 1.807) is 6.92 Å². The summed E-state index contributed by atoms with van der Waals surface area (Å²) >= 11 is 0. The maximum Gasteiger partial charge on any atom is 0.328 e. The monoisotopic (exact) mass is 333 g/mol. The van der Waals surface area contributed by atoms with Crippen LogP contribution in [0.5, 0.6) is 0 Å². The highest BCUT2D eigenvalue weighted by molar-refractivity contribution is 5.88. The van der Waals surface area contributed by atoms with Crippen LogP contribution in [-0.2, 0) is 20.7 Å². The molecule has 0 saturated heterocycles. The standard InChI is InChI=1S/C20H31NO3/c1-6-7-12-24-20(23)16(5)21-19(22)15(4)18-10-8-17(9-11-18)13-14(2)3/h8-11,14-16H,6-7,12-13H2,1-5H3,(H,21,22)/t15?,16-/m0/s1. The minimum atomic E-state index is -0.628. The summed E-state index contributed by atoms with van der Waals surface area (Å²) in [6.07, 6.45) is 2.84. The number of hydrogen-bond acceptors (Lipinski definition) is 3. The molecule has 1 rings (SSSR count). The van der Waals surface area contributed by atoms with Gasteiger partial charge in [-0.1, -0.05) is 51.5 Å². The molecule has 1 amide bonds. The van der Waals surface area contributed by atoms with Gasteiger partial charge in [0, 0.05) is 0 Å². The average molecular weight is 333 g/mol. The lowest BCUT2D eigenvalue weighted by molar-refractivity contribution is -0.147. The Morgan fingerprint density at radius 3 is 2.25 bits per heavy atom. The summed E-state index contributed by atoms with van der Waals surface area (Å²) in [4.78, 5) is 24.2. The molecule has 24 heavy (non-hydrogen) atoms. The third kappa shape index (κ3) is 6.73. The minimum absolute atomic E-state index is 0.161. The van der Waals surface area contributed by atoms with Crippen molar-refractivity contribution in [3.05, 3.63) is 35.4 Å². The fourth-order valence-corrected chi connectivity index (χ4v) is 2.40. The van der Waals surface area contributed by atoms with Crippen molar-refractivity contribution in [1.29, 1.82) is 0 Å². The first-order valence-electron chi connectivity index (χ1n) is 8.91. The fraction of sp³-hybridized carbons (Fsp3) is 0.600. The van der Waals surface area contributed by atoms with E-state index >= 15 is 0 Å². The lowest BCUT2D eigenvalue weighted by Crippen LogP contribution is -2.41. The quantitative estimate of drug-likeness (QED) is 0.552. The first-order chi connectivity index (χ1) is 11.3. The van der Waals surface area contributed by atoms with Gasteiger partial charge in [0.2, 0.25) is 5.91 Å². The molecule has 4 heteroatoms. The van der Waals surface area contributed by atoms with Gasteiger partial charge in [-0.25, -0.2) is 4.79 Å². The molecule has 0 heterocycles. The van der Waals surface area contributed by atoms with Crippen LogP contribution >= 0.6 is 0 Å². The molecule has 4 nitrogen and oxygen atoms in total. The number of benzene rings is 1. The van der Waals surface area contributed by atoms with E-state index in [2.05, 4.69) is 31.3 Å². The Labute approximate surface area is 146 Å². The van der Waals surface area contributed by atoms with Crippen LogP contribution in [0.3, 0.4) is 0 Å². The first-order valence-corrected chi connectivity index (χ1v) is 8.91. The zero-order chi connectivity index (χ0) is 18.1. The van der Waals surface area contributed by atoms with Crippen molar-refractivity contribution in [2.45, 2.75) is 65.8 Å². The van der Waals surface area contributed by atoms with Gasteiger partial charge >= 0.3 is 5.97 Å². The number of esters is 1. The van der Waals surface area contributed by atoms with E-state index in [9.17, 15) is 9.59 Å². The van der Waals surface area contributed by atoms with Crippen molar-refractivity contribution in [1.82, 2.24) is 5.32 Å². The molecular weight excluding hydrogens is 302 g/mol. The van der Waals surface area contributed by atoms with Crippen molar-refractivity contribution < 1.29 is 14.3 Å². The number of carbonyl (C=O) groups excluding carboxylic acids is 2. The largest absolute Gasteiger partial charge is 0.464 e. The molecule has 0 aliphatic heterocycles. The number of nitrogens with one attached hydrogen (secondary N) is 1. The SMILES string of the molecule is CCCCOC(=O)[C@H](C)NC(=O)C(C)c1ccc(CC(C)C)cc1. The van der Waals surface area contributed by atoms with E-state index in [0.717, 1.165) is 24.8 Å². The number of ether oxygens (including phenoxy) is 1. The predicted octanol–water partition coefficient (Wildman–Crippen LogP) is 3.84. The summed E-state index contributed by atoms with van der Waals surface area (Å²) in [5, 5.41) is 2.74. The van der Waals surface area contributed by atoms with Crippen LogP contribution in [0.1, 0.15) is 64.5 Å². The maximum absolute atomic E-state index is 12.3. The molecule has 0 aliphatic rings. The van der Waals surface area contributed by atoms with Gasteiger partial charge in [0.15, 0.2) is 0 Å². The Kier molecular flexibility index (Phi) is 8.51. The molecular formula is C20H31NO3. The van der Waals surface area contributed by atoms with Crippen molar-refractivity contribution in [2.24, 2.45) is 5.92 Å². The first kappa shape index (κ1) is 20.2. The van der Waals surface area contributed by atoms with E-state index in [0.29, 0.717) is 12.5 Å². The second-order valence-electron chi connectivity index (χ2n) is 6.81. The van der Waals surface area contributed by atoms with Crippen molar-refractivity contribution in [3.8, 4) is 0 Å². The third-order valence-electron chi connectivity index (χ3n) is 3.97. The smallest absolute Gasteiger partial charge is 0.328 e. The fourth-order valence-electron chi connectivity index (χ4n) is 2.40. The van der Waals surface area contributed by atoms with E-state index in [4.69, 9.17) is 4.74 Å². The molecule has 1 N–H and O–H groups in total. The van der Waals surface area contributed by atoms with Crippen LogP contribution in [0.15, 0.2) is 24.3 Å². The molecule has 134 valence electrons. The number of amides is 1. The van der Waals surface area contributed by atoms with Gasteiger partial charge in [0.1, 0.15) is 6.04 Å². The minimum Gasteiger partial charge on any atom is -0.464 e. The highest BCUT2D eigenvalue weighted by Crippen LogP contribution is 2.18. The molecule has 0 aromatic heterocycles. The average Bonchev–Trinajstić information content (AvgIpc) is 2.54. The number of unbranched alkanes of at least 4 members (excludes halogenated alkanes) is 1. The number of hydrogen-bond donors (Lipinski definition) is 1. The van der Waals surface area contributed by atoms with Gasteiger partial charge < -0.3 is 10.1 Å². The van der Waals surface area contributed by atoms with Gasteiger partial charge in [-0.15, -0.1) is 0 Å².